The van der Waals surface area contributed by atoms with Gasteiger partial charge >= 0.3 is 0 Å². The van der Waals surface area contributed by atoms with Crippen molar-refractivity contribution in [1.29, 1.82) is 0 Å². The van der Waals surface area contributed by atoms with Crippen molar-refractivity contribution in [3.05, 3.63) is 49.6 Å². The predicted molar refractivity (Wildman–Crippen MR) is 169 cm³/mol. The van der Waals surface area contributed by atoms with Gasteiger partial charge in [-0.15, -0.1) is 24.9 Å². The normalized spacial score (nSPS) is 25.8. The second kappa shape index (κ2) is 14.6. The zero-order valence-corrected chi connectivity index (χ0v) is 26.0. The maximum Gasteiger partial charge on any atom is 0.247 e. The van der Waals surface area contributed by atoms with E-state index in [1.54, 1.807) is 33.7 Å². The standard InChI is InChI=1S/C33H47N3O5S/c1-5-9-21-34(19-6-2)32(40)29-33-18-17-26(42-33)27(28(33)31(39)36(29)22-11-10-12-23-37)30(38)35(20-7-3)24-13-15-25(16-14-24)41-8-4/h6-7,13-16,26-29,37H,2-3,5,8-12,17-23H2,1,4H3/t26-,27+,28-,29?,33?/m0/s1. The number of carbonyl (C=O) groups excluding carboxylic acids is 3. The number of thioether (sulfide) groups is 1. The predicted octanol–water partition coefficient (Wildman–Crippen LogP) is 4.67. The van der Waals surface area contributed by atoms with Crippen molar-refractivity contribution >= 4 is 35.2 Å². The molecule has 3 amide bonds. The molecule has 42 heavy (non-hydrogen) atoms. The van der Waals surface area contributed by atoms with Crippen LogP contribution in [0, 0.1) is 11.8 Å². The zero-order valence-electron chi connectivity index (χ0n) is 25.2. The van der Waals surface area contributed by atoms with Crippen LogP contribution >= 0.6 is 11.8 Å². The summed E-state index contributed by atoms with van der Waals surface area (Å²) in [5.74, 6) is -0.519. The summed E-state index contributed by atoms with van der Waals surface area (Å²) in [6.07, 6.45) is 8.97. The molecule has 2 unspecified atom stereocenters. The third kappa shape index (κ3) is 6.13. The highest BCUT2D eigenvalue weighted by Crippen LogP contribution is 2.66. The van der Waals surface area contributed by atoms with E-state index >= 15 is 0 Å². The van der Waals surface area contributed by atoms with Gasteiger partial charge in [-0.2, -0.15) is 0 Å². The van der Waals surface area contributed by atoms with Gasteiger partial charge in [-0.05, 0) is 69.7 Å². The molecule has 0 radical (unpaired) electrons. The fourth-order valence-corrected chi connectivity index (χ4v) is 9.22. The highest BCUT2D eigenvalue weighted by atomic mass is 32.2. The van der Waals surface area contributed by atoms with Crippen LogP contribution in [0.2, 0.25) is 0 Å². The maximum atomic E-state index is 14.4. The molecule has 3 saturated heterocycles. The molecule has 3 heterocycles. The Hall–Kier alpha value is -2.78. The van der Waals surface area contributed by atoms with Crippen molar-refractivity contribution in [2.45, 2.75) is 74.8 Å². The van der Waals surface area contributed by atoms with E-state index in [1.165, 1.54) is 0 Å². The molecule has 0 aliphatic carbocycles. The minimum atomic E-state index is -0.625. The summed E-state index contributed by atoms with van der Waals surface area (Å²) in [7, 11) is 0. The molecule has 1 aromatic carbocycles. The number of fused-ring (bicyclic) bond motifs is 1. The molecule has 2 bridgehead atoms. The molecule has 3 aliphatic heterocycles. The van der Waals surface area contributed by atoms with Gasteiger partial charge in [-0.1, -0.05) is 25.5 Å². The number of anilines is 1. The van der Waals surface area contributed by atoms with E-state index in [2.05, 4.69) is 20.1 Å². The summed E-state index contributed by atoms with van der Waals surface area (Å²) in [6.45, 7) is 14.3. The highest BCUT2D eigenvalue weighted by molar-refractivity contribution is 8.02. The molecule has 0 aromatic heterocycles. The van der Waals surface area contributed by atoms with Crippen LogP contribution in [0.25, 0.3) is 0 Å². The first-order valence-corrected chi connectivity index (χ1v) is 16.4. The fraction of sp³-hybridized carbons (Fsp3) is 0.606. The quantitative estimate of drug-likeness (QED) is 0.207. The van der Waals surface area contributed by atoms with E-state index in [0.717, 1.165) is 43.5 Å². The number of likely N-dealkylation sites (tertiary alicyclic amines) is 1. The average molecular weight is 598 g/mol. The second-order valence-corrected chi connectivity index (χ2v) is 13.1. The van der Waals surface area contributed by atoms with E-state index < -0.39 is 22.6 Å². The van der Waals surface area contributed by atoms with Crippen molar-refractivity contribution in [1.82, 2.24) is 9.80 Å². The first-order valence-electron chi connectivity index (χ1n) is 15.5. The van der Waals surface area contributed by atoms with Crippen LogP contribution in [0.15, 0.2) is 49.6 Å². The summed E-state index contributed by atoms with van der Waals surface area (Å²) in [4.78, 5) is 48.5. The molecule has 230 valence electrons. The number of carbonyl (C=O) groups is 3. The van der Waals surface area contributed by atoms with Crippen molar-refractivity contribution in [3.8, 4) is 5.75 Å². The van der Waals surface area contributed by atoms with Crippen LogP contribution in [0.5, 0.6) is 5.75 Å². The van der Waals surface area contributed by atoms with Crippen molar-refractivity contribution < 1.29 is 24.2 Å². The van der Waals surface area contributed by atoms with Gasteiger partial charge in [0.2, 0.25) is 17.7 Å². The molecule has 5 atom stereocenters. The van der Waals surface area contributed by atoms with Crippen LogP contribution in [0.1, 0.15) is 58.8 Å². The zero-order chi connectivity index (χ0) is 30.3. The van der Waals surface area contributed by atoms with Crippen LogP contribution in [0.3, 0.4) is 0 Å². The van der Waals surface area contributed by atoms with Crippen molar-refractivity contribution in [3.63, 3.8) is 0 Å². The Labute approximate surface area is 255 Å². The summed E-state index contributed by atoms with van der Waals surface area (Å²) >= 11 is 1.70. The minimum Gasteiger partial charge on any atom is -0.494 e. The van der Waals surface area contributed by atoms with Gasteiger partial charge in [0.25, 0.3) is 0 Å². The van der Waals surface area contributed by atoms with Gasteiger partial charge in [-0.3, -0.25) is 14.4 Å². The lowest BCUT2D eigenvalue weighted by atomic mass is 9.70. The van der Waals surface area contributed by atoms with Gasteiger partial charge < -0.3 is 24.5 Å². The topological polar surface area (TPSA) is 90.4 Å². The summed E-state index contributed by atoms with van der Waals surface area (Å²) in [5.41, 5.74) is 0.737. The summed E-state index contributed by atoms with van der Waals surface area (Å²) in [6, 6.07) is 6.85. The highest BCUT2D eigenvalue weighted by Gasteiger charge is 2.74. The summed E-state index contributed by atoms with van der Waals surface area (Å²) in [5, 5.41) is 9.28. The monoisotopic (exact) mass is 597 g/mol. The average Bonchev–Trinajstić information content (AvgIpc) is 3.63. The third-order valence-corrected chi connectivity index (χ3v) is 10.8. The number of aliphatic hydroxyl groups excluding tert-OH is 1. The van der Waals surface area contributed by atoms with Gasteiger partial charge in [0.15, 0.2) is 0 Å². The number of rotatable bonds is 17. The Morgan fingerprint density at radius 1 is 1.10 bits per heavy atom. The first kappa shape index (κ1) is 32.1. The molecule has 8 nitrogen and oxygen atoms in total. The number of amides is 3. The molecule has 4 rings (SSSR count). The molecule has 1 spiro atoms. The van der Waals surface area contributed by atoms with Gasteiger partial charge in [0.05, 0.1) is 23.2 Å². The first-order chi connectivity index (χ1) is 20.4. The molecule has 1 N–H and O–H groups in total. The number of nitrogens with zero attached hydrogens (tertiary/aromatic N) is 3. The molecule has 9 heteroatoms. The van der Waals surface area contributed by atoms with E-state index in [-0.39, 0.29) is 29.6 Å². The van der Waals surface area contributed by atoms with E-state index in [0.29, 0.717) is 45.6 Å². The number of aliphatic hydroxyl groups is 1. The number of unbranched alkanes of at least 4 members (excludes halogenated alkanes) is 3. The number of benzene rings is 1. The largest absolute Gasteiger partial charge is 0.494 e. The smallest absolute Gasteiger partial charge is 0.247 e. The van der Waals surface area contributed by atoms with E-state index in [9.17, 15) is 19.5 Å². The molecular weight excluding hydrogens is 550 g/mol. The van der Waals surface area contributed by atoms with Crippen molar-refractivity contribution in [2.24, 2.45) is 11.8 Å². The summed E-state index contributed by atoms with van der Waals surface area (Å²) < 4.78 is 4.97. The van der Waals surface area contributed by atoms with Crippen LogP contribution in [-0.4, -0.2) is 88.1 Å². The van der Waals surface area contributed by atoms with E-state index in [4.69, 9.17) is 4.74 Å². The Kier molecular flexibility index (Phi) is 11.2. The number of hydrogen-bond acceptors (Lipinski definition) is 6. The molecular formula is C33H47N3O5S. The van der Waals surface area contributed by atoms with Crippen molar-refractivity contribution in [2.75, 3.05) is 44.3 Å². The lowest BCUT2D eigenvalue weighted by molar-refractivity contribution is -0.142. The van der Waals surface area contributed by atoms with Gasteiger partial charge in [0, 0.05) is 43.7 Å². The van der Waals surface area contributed by atoms with Crippen LogP contribution < -0.4 is 9.64 Å². The molecule has 3 aliphatic rings. The van der Waals surface area contributed by atoms with E-state index in [1.807, 2.05) is 36.1 Å². The minimum absolute atomic E-state index is 0.0169. The van der Waals surface area contributed by atoms with Gasteiger partial charge in [0.1, 0.15) is 11.8 Å². The lowest BCUT2D eigenvalue weighted by Crippen LogP contribution is -2.55. The second-order valence-electron chi connectivity index (χ2n) is 11.5. The maximum absolute atomic E-state index is 14.4. The fourth-order valence-electron chi connectivity index (χ4n) is 7.02. The molecule has 3 fully saturated rings. The Morgan fingerprint density at radius 3 is 2.48 bits per heavy atom. The van der Waals surface area contributed by atoms with Crippen LogP contribution in [-0.2, 0) is 14.4 Å². The lowest BCUT2D eigenvalue weighted by Gasteiger charge is -2.37. The molecule has 0 saturated carbocycles. The SMILES string of the molecule is C=CCN(CCCC)C(=O)C1N(CCCCCO)C(=O)[C@@H]2[C@H](C(=O)N(CC=C)c3ccc(OCC)cc3)[C@@H]3CCC12S3. The number of ether oxygens (including phenoxy) is 1. The molecule has 1 aromatic rings. The van der Waals surface area contributed by atoms with Crippen LogP contribution in [0.4, 0.5) is 5.69 Å². The Bertz CT molecular complexity index is 1130. The number of hydrogen-bond donors (Lipinski definition) is 1. The third-order valence-electron chi connectivity index (χ3n) is 8.86. The Balaban J connectivity index is 1.68. The Morgan fingerprint density at radius 2 is 1.83 bits per heavy atom. The van der Waals surface area contributed by atoms with Gasteiger partial charge in [-0.25, -0.2) is 0 Å².